The van der Waals surface area contributed by atoms with Crippen LogP contribution in [0, 0.1) is 0 Å². The van der Waals surface area contributed by atoms with E-state index in [2.05, 4.69) is 10.3 Å². The van der Waals surface area contributed by atoms with Crippen molar-refractivity contribution >= 4 is 22.3 Å². The van der Waals surface area contributed by atoms with E-state index >= 15 is 0 Å². The maximum atomic E-state index is 13.1. The van der Waals surface area contributed by atoms with Gasteiger partial charge in [-0.05, 0) is 31.2 Å². The molecule has 24 heavy (non-hydrogen) atoms. The summed E-state index contributed by atoms with van der Waals surface area (Å²) in [7, 11) is 0. The first-order valence-electron chi connectivity index (χ1n) is 8.00. The van der Waals surface area contributed by atoms with Crippen molar-refractivity contribution in [2.45, 2.75) is 13.0 Å². The predicted molar refractivity (Wildman–Crippen MR) is 95.0 cm³/mol. The van der Waals surface area contributed by atoms with Crippen LogP contribution in [0.25, 0.3) is 16.6 Å². The Morgan fingerprint density at radius 3 is 2.71 bits per heavy atom. The molecular formula is C19H17N4O. The van der Waals surface area contributed by atoms with E-state index in [1.807, 2.05) is 48.5 Å². The van der Waals surface area contributed by atoms with Gasteiger partial charge in [-0.25, -0.2) is 4.98 Å². The van der Waals surface area contributed by atoms with E-state index in [1.165, 1.54) is 0 Å². The number of nitrogens with two attached hydrogens (primary N) is 1. The SMILES string of the molecule is NCCCn1c(=O)c(C2=C[N]c3ccccc32)nc2ccccc21. The Balaban J connectivity index is 1.94. The molecule has 1 radical (unpaired) electrons. The summed E-state index contributed by atoms with van der Waals surface area (Å²) in [5.41, 5.74) is 10.2. The number of aromatic nitrogens is 2. The molecule has 5 nitrogen and oxygen atoms in total. The van der Waals surface area contributed by atoms with Gasteiger partial charge in [0.2, 0.25) is 0 Å². The fraction of sp³-hybridized carbons (Fsp3) is 0.158. The van der Waals surface area contributed by atoms with Crippen LogP contribution in [0.5, 0.6) is 0 Å². The van der Waals surface area contributed by atoms with Crippen molar-refractivity contribution in [3.63, 3.8) is 0 Å². The third-order valence-electron chi connectivity index (χ3n) is 4.22. The van der Waals surface area contributed by atoms with E-state index < -0.39 is 0 Å². The Morgan fingerprint density at radius 2 is 1.83 bits per heavy atom. The highest BCUT2D eigenvalue weighted by molar-refractivity contribution is 5.89. The van der Waals surface area contributed by atoms with Gasteiger partial charge < -0.3 is 10.3 Å². The molecule has 1 aliphatic heterocycles. The third kappa shape index (κ3) is 2.30. The molecule has 2 heterocycles. The maximum absolute atomic E-state index is 13.1. The van der Waals surface area contributed by atoms with Crippen LogP contribution in [0.1, 0.15) is 17.7 Å². The lowest BCUT2D eigenvalue weighted by Gasteiger charge is -2.12. The molecule has 2 N–H and O–H groups in total. The summed E-state index contributed by atoms with van der Waals surface area (Å²) in [5.74, 6) is 0. The Kier molecular flexibility index (Phi) is 3.63. The standard InChI is InChI=1S/C19H17N4O/c20-10-5-11-23-17-9-4-3-8-16(17)22-18(19(23)24)14-12-21-15-7-2-1-6-13(14)15/h1-4,6-9,12H,5,10-11,20H2. The van der Waals surface area contributed by atoms with Crippen LogP contribution in [-0.2, 0) is 6.54 Å². The van der Waals surface area contributed by atoms with Crippen molar-refractivity contribution in [3.8, 4) is 0 Å². The first-order valence-corrected chi connectivity index (χ1v) is 8.00. The lowest BCUT2D eigenvalue weighted by molar-refractivity contribution is 0.646. The van der Waals surface area contributed by atoms with Gasteiger partial charge >= 0.3 is 0 Å². The number of hydrogen-bond donors (Lipinski definition) is 1. The van der Waals surface area contributed by atoms with Crippen LogP contribution in [0.4, 0.5) is 5.69 Å². The highest BCUT2D eigenvalue weighted by Gasteiger charge is 2.22. The Labute approximate surface area is 139 Å². The van der Waals surface area contributed by atoms with Crippen LogP contribution in [0.15, 0.2) is 59.5 Å². The first kappa shape index (κ1) is 14.7. The molecule has 2 aromatic carbocycles. The second kappa shape index (κ2) is 5.94. The highest BCUT2D eigenvalue weighted by Crippen LogP contribution is 2.32. The fourth-order valence-electron chi connectivity index (χ4n) is 3.05. The van der Waals surface area contributed by atoms with Crippen molar-refractivity contribution in [1.82, 2.24) is 14.9 Å². The molecule has 0 unspecified atom stereocenters. The van der Waals surface area contributed by atoms with E-state index in [9.17, 15) is 4.79 Å². The topological polar surface area (TPSA) is 75.0 Å². The molecule has 0 saturated carbocycles. The summed E-state index contributed by atoms with van der Waals surface area (Å²) in [4.78, 5) is 17.7. The number of benzene rings is 2. The van der Waals surface area contributed by atoms with Gasteiger partial charge in [0.05, 0.1) is 16.7 Å². The van der Waals surface area contributed by atoms with Crippen LogP contribution >= 0.6 is 0 Å². The molecule has 119 valence electrons. The number of aryl methyl sites for hydroxylation is 1. The van der Waals surface area contributed by atoms with Crippen molar-refractivity contribution in [3.05, 3.63) is 76.3 Å². The highest BCUT2D eigenvalue weighted by atomic mass is 16.1. The Hall–Kier alpha value is -2.92. The summed E-state index contributed by atoms with van der Waals surface area (Å²) in [6.07, 6.45) is 2.48. The summed E-state index contributed by atoms with van der Waals surface area (Å²) < 4.78 is 1.77. The summed E-state index contributed by atoms with van der Waals surface area (Å²) in [5, 5.41) is 4.40. The molecule has 0 spiro atoms. The van der Waals surface area contributed by atoms with Gasteiger partial charge in [0.1, 0.15) is 5.69 Å². The van der Waals surface area contributed by atoms with E-state index in [0.29, 0.717) is 18.8 Å². The number of para-hydroxylation sites is 3. The van der Waals surface area contributed by atoms with Gasteiger partial charge in [-0.2, -0.15) is 0 Å². The molecule has 4 rings (SSSR count). The van der Waals surface area contributed by atoms with Crippen LogP contribution in [0.2, 0.25) is 0 Å². The molecule has 5 heteroatoms. The largest absolute Gasteiger partial charge is 0.330 e. The zero-order valence-electron chi connectivity index (χ0n) is 13.1. The Morgan fingerprint density at radius 1 is 1.04 bits per heavy atom. The maximum Gasteiger partial charge on any atom is 0.277 e. The minimum absolute atomic E-state index is 0.0969. The second-order valence-electron chi connectivity index (χ2n) is 5.74. The average molecular weight is 317 g/mol. The summed E-state index contributed by atoms with van der Waals surface area (Å²) >= 11 is 0. The van der Waals surface area contributed by atoms with E-state index in [1.54, 1.807) is 10.8 Å². The number of fused-ring (bicyclic) bond motifs is 2. The molecule has 0 fully saturated rings. The van der Waals surface area contributed by atoms with Gasteiger partial charge in [0.15, 0.2) is 0 Å². The van der Waals surface area contributed by atoms with Gasteiger partial charge in [-0.1, -0.05) is 30.3 Å². The summed E-state index contributed by atoms with van der Waals surface area (Å²) in [6, 6.07) is 15.5. The lowest BCUT2D eigenvalue weighted by atomic mass is 10.0. The van der Waals surface area contributed by atoms with Gasteiger partial charge in [0.25, 0.3) is 5.56 Å². The summed E-state index contributed by atoms with van der Waals surface area (Å²) in [6.45, 7) is 1.12. The first-order chi connectivity index (χ1) is 11.8. The molecule has 1 aromatic heterocycles. The average Bonchev–Trinajstić information content (AvgIpc) is 3.04. The monoisotopic (exact) mass is 317 g/mol. The minimum Gasteiger partial charge on any atom is -0.330 e. The molecule has 0 atom stereocenters. The molecule has 3 aromatic rings. The van der Waals surface area contributed by atoms with Gasteiger partial charge in [-0.3, -0.25) is 10.1 Å². The third-order valence-corrected chi connectivity index (χ3v) is 4.22. The second-order valence-corrected chi connectivity index (χ2v) is 5.74. The molecule has 0 bridgehead atoms. The molecule has 0 saturated heterocycles. The lowest BCUT2D eigenvalue weighted by Crippen LogP contribution is -2.26. The number of rotatable bonds is 4. The fourth-order valence-corrected chi connectivity index (χ4v) is 3.05. The quantitative estimate of drug-likeness (QED) is 0.803. The van der Waals surface area contributed by atoms with E-state index in [4.69, 9.17) is 5.73 Å². The predicted octanol–water partition coefficient (Wildman–Crippen LogP) is 2.38. The normalized spacial score (nSPS) is 12.8. The van der Waals surface area contributed by atoms with Crippen molar-refractivity contribution in [1.29, 1.82) is 0 Å². The zero-order valence-corrected chi connectivity index (χ0v) is 13.1. The van der Waals surface area contributed by atoms with Crippen LogP contribution < -0.4 is 16.6 Å². The van der Waals surface area contributed by atoms with Crippen molar-refractivity contribution < 1.29 is 0 Å². The van der Waals surface area contributed by atoms with Crippen molar-refractivity contribution in [2.75, 3.05) is 6.54 Å². The van der Waals surface area contributed by atoms with E-state index in [0.717, 1.165) is 34.3 Å². The van der Waals surface area contributed by atoms with Crippen LogP contribution in [0.3, 0.4) is 0 Å². The number of nitrogens with zero attached hydrogens (tertiary/aromatic N) is 3. The minimum atomic E-state index is -0.0969. The van der Waals surface area contributed by atoms with Gasteiger partial charge in [0, 0.05) is 23.9 Å². The number of hydrogen-bond acceptors (Lipinski definition) is 3. The molecule has 0 aliphatic carbocycles. The zero-order chi connectivity index (χ0) is 16.5. The van der Waals surface area contributed by atoms with Gasteiger partial charge in [-0.15, -0.1) is 0 Å². The van der Waals surface area contributed by atoms with E-state index in [-0.39, 0.29) is 5.56 Å². The Bertz CT molecular complexity index is 1000. The smallest absolute Gasteiger partial charge is 0.277 e. The molecule has 0 amide bonds. The molecular weight excluding hydrogens is 300 g/mol. The molecule has 1 aliphatic rings. The van der Waals surface area contributed by atoms with Crippen molar-refractivity contribution in [2.24, 2.45) is 5.73 Å². The van der Waals surface area contributed by atoms with Crippen LogP contribution in [-0.4, -0.2) is 16.1 Å².